The van der Waals surface area contributed by atoms with Crippen LogP contribution in [0.5, 0.6) is 0 Å². The highest BCUT2D eigenvalue weighted by Crippen LogP contribution is 2.16. The highest BCUT2D eigenvalue weighted by molar-refractivity contribution is 6.30. The van der Waals surface area contributed by atoms with Gasteiger partial charge < -0.3 is 10.3 Å². The minimum absolute atomic E-state index is 0.163. The fourth-order valence-corrected chi connectivity index (χ4v) is 1.83. The zero-order valence-corrected chi connectivity index (χ0v) is 11.1. The van der Waals surface area contributed by atoms with Crippen molar-refractivity contribution in [2.45, 2.75) is 13.0 Å². The van der Waals surface area contributed by atoms with Crippen molar-refractivity contribution in [3.05, 3.63) is 69.1 Å². The van der Waals surface area contributed by atoms with E-state index in [0.717, 1.165) is 5.56 Å². The summed E-state index contributed by atoms with van der Waals surface area (Å²) in [5.41, 5.74) is 0.985. The Bertz CT molecular complexity index is 634. The number of hydrogen-bond acceptors (Lipinski definition) is 2. The Labute approximate surface area is 115 Å². The molecule has 19 heavy (non-hydrogen) atoms. The van der Waals surface area contributed by atoms with Crippen LogP contribution in [-0.2, 0) is 0 Å². The Hall–Kier alpha value is -2.07. The van der Waals surface area contributed by atoms with Gasteiger partial charge in [0.2, 0.25) is 5.56 Å². The Morgan fingerprint density at radius 2 is 1.95 bits per heavy atom. The minimum atomic E-state index is -0.299. The predicted octanol–water partition coefficient (Wildman–Crippen LogP) is 2.52. The number of halogens is 1. The standard InChI is InChI=1S/C14H13ClN2O2/c1-9(10-2-4-12(15)5-3-10)17-14(19)11-6-7-16-13(18)8-11/h2-9H,1H3,(H,16,18)(H,17,19). The van der Waals surface area contributed by atoms with Crippen molar-refractivity contribution < 1.29 is 4.79 Å². The number of hydrogen-bond donors (Lipinski definition) is 2. The molecule has 0 bridgehead atoms. The van der Waals surface area contributed by atoms with Crippen molar-refractivity contribution in [3.63, 3.8) is 0 Å². The average molecular weight is 277 g/mol. The van der Waals surface area contributed by atoms with E-state index in [0.29, 0.717) is 10.6 Å². The highest BCUT2D eigenvalue weighted by Gasteiger charge is 2.11. The molecule has 0 aliphatic carbocycles. The maximum absolute atomic E-state index is 12.0. The number of H-pyrrole nitrogens is 1. The lowest BCUT2D eigenvalue weighted by molar-refractivity contribution is 0.0939. The zero-order chi connectivity index (χ0) is 13.8. The first kappa shape index (κ1) is 13.4. The van der Waals surface area contributed by atoms with Crippen LogP contribution in [-0.4, -0.2) is 10.9 Å². The van der Waals surface area contributed by atoms with Gasteiger partial charge in [0.05, 0.1) is 6.04 Å². The van der Waals surface area contributed by atoms with Gasteiger partial charge in [-0.3, -0.25) is 9.59 Å². The summed E-state index contributed by atoms with van der Waals surface area (Å²) in [6.45, 7) is 1.87. The second-order valence-corrected chi connectivity index (χ2v) is 4.62. The third-order valence-electron chi connectivity index (χ3n) is 2.75. The first-order valence-electron chi connectivity index (χ1n) is 5.81. The fraction of sp³-hybridized carbons (Fsp3) is 0.143. The van der Waals surface area contributed by atoms with E-state index in [-0.39, 0.29) is 17.5 Å². The molecule has 0 aliphatic rings. The number of amides is 1. The SMILES string of the molecule is CC(NC(=O)c1cc[nH]c(=O)c1)c1ccc(Cl)cc1. The van der Waals surface area contributed by atoms with Crippen LogP contribution in [0.4, 0.5) is 0 Å². The predicted molar refractivity (Wildman–Crippen MR) is 74.4 cm³/mol. The fourth-order valence-electron chi connectivity index (χ4n) is 1.70. The summed E-state index contributed by atoms with van der Waals surface area (Å²) in [4.78, 5) is 25.6. The van der Waals surface area contributed by atoms with Crippen LogP contribution in [0.25, 0.3) is 0 Å². The number of nitrogens with one attached hydrogen (secondary N) is 2. The third-order valence-corrected chi connectivity index (χ3v) is 3.01. The molecule has 0 saturated carbocycles. The molecule has 1 aromatic carbocycles. The van der Waals surface area contributed by atoms with Crippen LogP contribution in [0.15, 0.2) is 47.4 Å². The monoisotopic (exact) mass is 276 g/mol. The zero-order valence-electron chi connectivity index (χ0n) is 10.3. The van der Waals surface area contributed by atoms with Crippen molar-refractivity contribution in [1.29, 1.82) is 0 Å². The lowest BCUT2D eigenvalue weighted by Crippen LogP contribution is -2.27. The quantitative estimate of drug-likeness (QED) is 0.905. The molecule has 2 rings (SSSR count). The van der Waals surface area contributed by atoms with Gasteiger partial charge >= 0.3 is 0 Å². The van der Waals surface area contributed by atoms with Crippen LogP contribution in [0.3, 0.4) is 0 Å². The molecule has 0 spiro atoms. The third kappa shape index (κ3) is 3.45. The Morgan fingerprint density at radius 1 is 1.26 bits per heavy atom. The molecule has 0 radical (unpaired) electrons. The topological polar surface area (TPSA) is 62.0 Å². The summed E-state index contributed by atoms with van der Waals surface area (Å²) in [6, 6.07) is 9.91. The molecule has 1 unspecified atom stereocenters. The molecule has 5 heteroatoms. The summed E-state index contributed by atoms with van der Waals surface area (Å²) in [5, 5.41) is 3.47. The largest absolute Gasteiger partial charge is 0.346 e. The Balaban J connectivity index is 2.10. The van der Waals surface area contributed by atoms with Gasteiger partial charge in [0.15, 0.2) is 0 Å². The number of rotatable bonds is 3. The van der Waals surface area contributed by atoms with Crippen LogP contribution in [0, 0.1) is 0 Å². The molecule has 1 aromatic heterocycles. The van der Waals surface area contributed by atoms with E-state index >= 15 is 0 Å². The number of benzene rings is 1. The van der Waals surface area contributed by atoms with Gasteiger partial charge in [0.25, 0.3) is 5.91 Å². The maximum Gasteiger partial charge on any atom is 0.252 e. The molecule has 0 aliphatic heterocycles. The maximum atomic E-state index is 12.0. The lowest BCUT2D eigenvalue weighted by Gasteiger charge is -2.14. The minimum Gasteiger partial charge on any atom is -0.346 e. The molecule has 2 aromatic rings. The number of carbonyl (C=O) groups is 1. The van der Waals surface area contributed by atoms with Crippen LogP contribution in [0.1, 0.15) is 28.9 Å². The highest BCUT2D eigenvalue weighted by atomic mass is 35.5. The number of aromatic nitrogens is 1. The summed E-state index contributed by atoms with van der Waals surface area (Å²) in [7, 11) is 0. The van der Waals surface area contributed by atoms with Gasteiger partial charge in [0, 0.05) is 22.8 Å². The first-order valence-corrected chi connectivity index (χ1v) is 6.19. The smallest absolute Gasteiger partial charge is 0.252 e. The van der Waals surface area contributed by atoms with Crippen LogP contribution in [0.2, 0.25) is 5.02 Å². The molecule has 2 N–H and O–H groups in total. The van der Waals surface area contributed by atoms with E-state index in [9.17, 15) is 9.59 Å². The molecule has 98 valence electrons. The summed E-state index contributed by atoms with van der Waals surface area (Å²) >= 11 is 5.81. The van der Waals surface area contributed by atoms with Crippen LogP contribution < -0.4 is 10.9 Å². The second-order valence-electron chi connectivity index (χ2n) is 4.19. The van der Waals surface area contributed by atoms with E-state index in [4.69, 9.17) is 11.6 Å². The molecule has 1 atom stereocenters. The van der Waals surface area contributed by atoms with Gasteiger partial charge in [-0.05, 0) is 30.7 Å². The van der Waals surface area contributed by atoms with Crippen molar-refractivity contribution in [2.75, 3.05) is 0 Å². The second kappa shape index (κ2) is 5.71. The van der Waals surface area contributed by atoms with Gasteiger partial charge in [0.1, 0.15) is 0 Å². The number of pyridine rings is 1. The molecule has 1 amide bonds. The summed E-state index contributed by atoms with van der Waals surface area (Å²) in [5.74, 6) is -0.284. The van der Waals surface area contributed by atoms with E-state index in [1.54, 1.807) is 18.2 Å². The lowest BCUT2D eigenvalue weighted by atomic mass is 10.1. The van der Waals surface area contributed by atoms with Crippen LogP contribution >= 0.6 is 11.6 Å². The average Bonchev–Trinajstić information content (AvgIpc) is 2.39. The molecular formula is C14H13ClN2O2. The van der Waals surface area contributed by atoms with Gasteiger partial charge in [-0.15, -0.1) is 0 Å². The molecule has 1 heterocycles. The number of aromatic amines is 1. The molecule has 0 saturated heterocycles. The molecular weight excluding hydrogens is 264 g/mol. The van der Waals surface area contributed by atoms with E-state index < -0.39 is 0 Å². The molecule has 0 fully saturated rings. The molecule has 4 nitrogen and oxygen atoms in total. The van der Waals surface area contributed by atoms with E-state index in [1.165, 1.54) is 12.3 Å². The summed E-state index contributed by atoms with van der Waals surface area (Å²) < 4.78 is 0. The van der Waals surface area contributed by atoms with Gasteiger partial charge in [-0.1, -0.05) is 23.7 Å². The Morgan fingerprint density at radius 3 is 2.58 bits per heavy atom. The Kier molecular flexibility index (Phi) is 4.02. The number of carbonyl (C=O) groups excluding carboxylic acids is 1. The van der Waals surface area contributed by atoms with Crippen molar-refractivity contribution in [3.8, 4) is 0 Å². The van der Waals surface area contributed by atoms with Crippen molar-refractivity contribution in [2.24, 2.45) is 0 Å². The van der Waals surface area contributed by atoms with E-state index in [2.05, 4.69) is 10.3 Å². The van der Waals surface area contributed by atoms with Crippen molar-refractivity contribution in [1.82, 2.24) is 10.3 Å². The van der Waals surface area contributed by atoms with Gasteiger partial charge in [-0.25, -0.2) is 0 Å². The van der Waals surface area contributed by atoms with Gasteiger partial charge in [-0.2, -0.15) is 0 Å². The van der Waals surface area contributed by atoms with Crippen molar-refractivity contribution >= 4 is 17.5 Å². The normalized spacial score (nSPS) is 11.9. The summed E-state index contributed by atoms with van der Waals surface area (Å²) in [6.07, 6.45) is 1.45. The van der Waals surface area contributed by atoms with E-state index in [1.807, 2.05) is 19.1 Å². The first-order chi connectivity index (χ1) is 9.06.